The van der Waals surface area contributed by atoms with Gasteiger partial charge in [-0.1, -0.05) is 12.1 Å². The van der Waals surface area contributed by atoms with Crippen LogP contribution < -0.4 is 16.0 Å². The van der Waals surface area contributed by atoms with Crippen molar-refractivity contribution in [3.05, 3.63) is 83.2 Å². The number of carbonyl (C=O) groups is 1. The number of primary amides is 1. The summed E-state index contributed by atoms with van der Waals surface area (Å²) in [7, 11) is 0. The molecule has 1 aliphatic rings. The van der Waals surface area contributed by atoms with Gasteiger partial charge in [-0.3, -0.25) is 9.78 Å². The Kier molecular flexibility index (Phi) is 6.06. The van der Waals surface area contributed by atoms with Gasteiger partial charge in [-0.15, -0.1) is 0 Å². The lowest BCUT2D eigenvalue weighted by Crippen LogP contribution is -2.27. The molecule has 0 aliphatic carbocycles. The van der Waals surface area contributed by atoms with E-state index >= 15 is 0 Å². The van der Waals surface area contributed by atoms with Crippen LogP contribution in [0.25, 0.3) is 0 Å². The fourth-order valence-electron chi connectivity index (χ4n) is 3.90. The SMILES string of the molecule is NC(=O)C(c1cc(F)cc(F)c1)c1ccc(NCc2cccnc2)nc1N1CCCC1. The Hall–Kier alpha value is -3.55. The second-order valence-corrected chi connectivity index (χ2v) is 7.56. The van der Waals surface area contributed by atoms with E-state index in [2.05, 4.69) is 15.2 Å². The zero-order valence-electron chi connectivity index (χ0n) is 16.9. The van der Waals surface area contributed by atoms with E-state index in [0.717, 1.165) is 49.7 Å². The number of carbonyl (C=O) groups excluding carboxylic acids is 1. The summed E-state index contributed by atoms with van der Waals surface area (Å²) in [5.74, 6) is -1.99. The van der Waals surface area contributed by atoms with Crippen LogP contribution in [0.5, 0.6) is 0 Å². The number of nitrogens with one attached hydrogen (secondary N) is 1. The molecule has 0 bridgehead atoms. The van der Waals surface area contributed by atoms with Gasteiger partial charge in [0.15, 0.2) is 0 Å². The van der Waals surface area contributed by atoms with Crippen molar-refractivity contribution in [3.8, 4) is 0 Å². The number of pyridine rings is 2. The molecule has 1 aliphatic heterocycles. The van der Waals surface area contributed by atoms with E-state index in [1.807, 2.05) is 12.1 Å². The number of nitrogens with two attached hydrogens (primary N) is 1. The predicted molar refractivity (Wildman–Crippen MR) is 115 cm³/mol. The molecule has 6 nitrogen and oxygen atoms in total. The quantitative estimate of drug-likeness (QED) is 0.607. The number of anilines is 2. The molecule has 160 valence electrons. The lowest BCUT2D eigenvalue weighted by molar-refractivity contribution is -0.118. The first-order valence-corrected chi connectivity index (χ1v) is 10.2. The number of nitrogens with zero attached hydrogens (tertiary/aromatic N) is 3. The molecule has 31 heavy (non-hydrogen) atoms. The molecule has 1 atom stereocenters. The van der Waals surface area contributed by atoms with Crippen molar-refractivity contribution in [1.29, 1.82) is 0 Å². The average molecular weight is 423 g/mol. The number of hydrogen-bond acceptors (Lipinski definition) is 5. The molecule has 1 saturated heterocycles. The second-order valence-electron chi connectivity index (χ2n) is 7.56. The molecular formula is C23H23F2N5O. The van der Waals surface area contributed by atoms with Gasteiger partial charge in [0.2, 0.25) is 5.91 Å². The number of aromatic nitrogens is 2. The van der Waals surface area contributed by atoms with E-state index in [0.29, 0.717) is 23.7 Å². The summed E-state index contributed by atoms with van der Waals surface area (Å²) in [6.45, 7) is 2.11. The summed E-state index contributed by atoms with van der Waals surface area (Å²) in [5, 5.41) is 3.26. The molecular weight excluding hydrogens is 400 g/mol. The van der Waals surface area contributed by atoms with E-state index in [9.17, 15) is 13.6 Å². The number of amides is 1. The van der Waals surface area contributed by atoms with Crippen molar-refractivity contribution in [1.82, 2.24) is 9.97 Å². The maximum atomic E-state index is 13.9. The Labute approximate surface area is 179 Å². The van der Waals surface area contributed by atoms with Crippen molar-refractivity contribution in [3.63, 3.8) is 0 Å². The van der Waals surface area contributed by atoms with E-state index < -0.39 is 23.5 Å². The summed E-state index contributed by atoms with van der Waals surface area (Å²) in [4.78, 5) is 23.3. The van der Waals surface area contributed by atoms with E-state index in [1.54, 1.807) is 24.5 Å². The Balaban J connectivity index is 1.71. The monoisotopic (exact) mass is 423 g/mol. The number of rotatable bonds is 7. The van der Waals surface area contributed by atoms with Crippen LogP contribution in [0.4, 0.5) is 20.4 Å². The maximum Gasteiger partial charge on any atom is 0.229 e. The molecule has 8 heteroatoms. The molecule has 4 rings (SSSR count). The number of benzene rings is 1. The van der Waals surface area contributed by atoms with Crippen molar-refractivity contribution in [2.45, 2.75) is 25.3 Å². The van der Waals surface area contributed by atoms with Gasteiger partial charge in [-0.25, -0.2) is 13.8 Å². The minimum absolute atomic E-state index is 0.170. The smallest absolute Gasteiger partial charge is 0.229 e. The molecule has 2 aromatic heterocycles. The van der Waals surface area contributed by atoms with Crippen molar-refractivity contribution in [2.24, 2.45) is 5.73 Å². The topological polar surface area (TPSA) is 84.1 Å². The predicted octanol–water partition coefficient (Wildman–Crippen LogP) is 3.58. The normalized spacial score (nSPS) is 14.5. The van der Waals surface area contributed by atoms with Gasteiger partial charge in [0.05, 0.1) is 5.92 Å². The molecule has 3 heterocycles. The molecule has 0 spiro atoms. The van der Waals surface area contributed by atoms with E-state index in [-0.39, 0.29) is 5.56 Å². The van der Waals surface area contributed by atoms with Crippen LogP contribution in [0.3, 0.4) is 0 Å². The van der Waals surface area contributed by atoms with Crippen molar-refractivity contribution < 1.29 is 13.6 Å². The zero-order valence-corrected chi connectivity index (χ0v) is 16.9. The zero-order chi connectivity index (χ0) is 21.8. The Morgan fingerprint density at radius 1 is 1.13 bits per heavy atom. The van der Waals surface area contributed by atoms with Crippen LogP contribution in [0, 0.1) is 11.6 Å². The van der Waals surface area contributed by atoms with Crippen LogP contribution in [0.1, 0.15) is 35.4 Å². The van der Waals surface area contributed by atoms with Crippen molar-refractivity contribution in [2.75, 3.05) is 23.3 Å². The van der Waals surface area contributed by atoms with Gasteiger partial charge >= 0.3 is 0 Å². The van der Waals surface area contributed by atoms with Crippen LogP contribution in [-0.2, 0) is 11.3 Å². The summed E-state index contributed by atoms with van der Waals surface area (Å²) in [6, 6.07) is 10.4. The molecule has 1 unspecified atom stereocenters. The Morgan fingerprint density at radius 3 is 2.52 bits per heavy atom. The first-order chi connectivity index (χ1) is 15.0. The average Bonchev–Trinajstić information content (AvgIpc) is 3.28. The Morgan fingerprint density at radius 2 is 1.87 bits per heavy atom. The highest BCUT2D eigenvalue weighted by molar-refractivity contribution is 5.87. The summed E-state index contributed by atoms with van der Waals surface area (Å²) < 4.78 is 27.7. The molecule has 3 N–H and O–H groups in total. The van der Waals surface area contributed by atoms with E-state index in [1.165, 1.54) is 0 Å². The molecule has 0 saturated carbocycles. The minimum Gasteiger partial charge on any atom is -0.369 e. The maximum absolute atomic E-state index is 13.9. The molecule has 3 aromatic rings. The summed E-state index contributed by atoms with van der Waals surface area (Å²) >= 11 is 0. The molecule has 1 amide bonds. The van der Waals surface area contributed by atoms with Crippen molar-refractivity contribution >= 4 is 17.5 Å². The Bertz CT molecular complexity index is 1050. The van der Waals surface area contributed by atoms with Crippen LogP contribution >= 0.6 is 0 Å². The third kappa shape index (κ3) is 4.79. The first-order valence-electron chi connectivity index (χ1n) is 10.2. The third-order valence-electron chi connectivity index (χ3n) is 5.32. The fraction of sp³-hybridized carbons (Fsp3) is 0.261. The van der Waals surface area contributed by atoms with Gasteiger partial charge in [0, 0.05) is 43.7 Å². The second kappa shape index (κ2) is 9.07. The van der Waals surface area contributed by atoms with Gasteiger partial charge in [-0.2, -0.15) is 0 Å². The lowest BCUT2D eigenvalue weighted by Gasteiger charge is -2.25. The van der Waals surface area contributed by atoms with Gasteiger partial charge in [-0.05, 0) is 48.2 Å². The third-order valence-corrected chi connectivity index (χ3v) is 5.32. The highest BCUT2D eigenvalue weighted by atomic mass is 19.1. The standard InChI is InChI=1S/C23H23F2N5O/c24-17-10-16(11-18(25)12-17)21(22(26)31)19-5-6-20(28-14-15-4-3-7-27-13-15)29-23(19)30-8-1-2-9-30/h3-7,10-13,21H,1-2,8-9,14H2,(H2,26,31)(H,28,29). The number of hydrogen-bond donors (Lipinski definition) is 2. The molecule has 0 radical (unpaired) electrons. The summed E-state index contributed by atoms with van der Waals surface area (Å²) in [5.41, 5.74) is 7.39. The van der Waals surface area contributed by atoms with E-state index in [4.69, 9.17) is 10.7 Å². The summed E-state index contributed by atoms with van der Waals surface area (Å²) in [6.07, 6.45) is 5.49. The first kappa shape index (κ1) is 20.7. The van der Waals surface area contributed by atoms with Crippen LogP contribution in [-0.4, -0.2) is 29.0 Å². The highest BCUT2D eigenvalue weighted by Crippen LogP contribution is 2.34. The molecule has 1 fully saturated rings. The van der Waals surface area contributed by atoms with Crippen LogP contribution in [0.15, 0.2) is 54.9 Å². The van der Waals surface area contributed by atoms with Crippen LogP contribution in [0.2, 0.25) is 0 Å². The van der Waals surface area contributed by atoms with Gasteiger partial charge < -0.3 is 16.0 Å². The number of halogens is 2. The fourth-order valence-corrected chi connectivity index (χ4v) is 3.90. The largest absolute Gasteiger partial charge is 0.369 e. The van der Waals surface area contributed by atoms with Gasteiger partial charge in [0.25, 0.3) is 0 Å². The minimum atomic E-state index is -1.01. The highest BCUT2D eigenvalue weighted by Gasteiger charge is 2.28. The lowest BCUT2D eigenvalue weighted by atomic mass is 9.90. The molecule has 1 aromatic carbocycles. The van der Waals surface area contributed by atoms with Gasteiger partial charge in [0.1, 0.15) is 23.3 Å².